The Hall–Kier alpha value is -1.71. The fourth-order valence-electron chi connectivity index (χ4n) is 3.98. The number of aromatic nitrogens is 1. The first-order valence-electron chi connectivity index (χ1n) is 9.55. The molecule has 1 atom stereocenters. The number of hydrogen-bond acceptors (Lipinski definition) is 3. The van der Waals surface area contributed by atoms with Crippen molar-refractivity contribution in [2.75, 3.05) is 33.2 Å². The van der Waals surface area contributed by atoms with Crippen LogP contribution in [0.5, 0.6) is 0 Å². The summed E-state index contributed by atoms with van der Waals surface area (Å²) >= 11 is 0. The van der Waals surface area contributed by atoms with Crippen LogP contribution < -0.4 is 0 Å². The number of nitrogens with zero attached hydrogens (tertiary/aromatic N) is 3. The van der Waals surface area contributed by atoms with Crippen LogP contribution in [0.15, 0.2) is 48.8 Å². The number of pyridine rings is 1. The van der Waals surface area contributed by atoms with Gasteiger partial charge in [0.1, 0.15) is 0 Å². The van der Waals surface area contributed by atoms with Crippen molar-refractivity contribution in [3.05, 3.63) is 65.5 Å². The summed E-state index contributed by atoms with van der Waals surface area (Å²) in [5.74, 6) is 0.785. The fourth-order valence-corrected chi connectivity index (χ4v) is 3.98. The van der Waals surface area contributed by atoms with Crippen LogP contribution in [0.25, 0.3) is 0 Å². The molecule has 0 N–H and O–H groups in total. The summed E-state index contributed by atoms with van der Waals surface area (Å²) in [4.78, 5) is 9.34. The van der Waals surface area contributed by atoms with E-state index >= 15 is 0 Å². The highest BCUT2D eigenvalue weighted by Crippen LogP contribution is 2.19. The van der Waals surface area contributed by atoms with Gasteiger partial charge in [0, 0.05) is 38.6 Å². The van der Waals surface area contributed by atoms with E-state index in [-0.39, 0.29) is 0 Å². The second-order valence-corrected chi connectivity index (χ2v) is 7.54. The lowest BCUT2D eigenvalue weighted by Gasteiger charge is -2.35. The van der Waals surface area contributed by atoms with Gasteiger partial charge in [-0.2, -0.15) is 0 Å². The van der Waals surface area contributed by atoms with Crippen molar-refractivity contribution >= 4 is 0 Å². The number of hydrogen-bond donors (Lipinski definition) is 0. The summed E-state index contributed by atoms with van der Waals surface area (Å²) in [6.45, 7) is 8.08. The average Bonchev–Trinajstić information content (AvgIpc) is 2.62. The Kier molecular flexibility index (Phi) is 6.60. The molecule has 0 spiro atoms. The van der Waals surface area contributed by atoms with E-state index in [4.69, 9.17) is 0 Å². The molecule has 25 heavy (non-hydrogen) atoms. The third-order valence-electron chi connectivity index (χ3n) is 5.31. The molecule has 134 valence electrons. The molecule has 1 aliphatic heterocycles. The first kappa shape index (κ1) is 18.1. The van der Waals surface area contributed by atoms with E-state index in [1.807, 2.05) is 18.5 Å². The molecule has 0 aliphatic carbocycles. The van der Waals surface area contributed by atoms with Gasteiger partial charge in [-0.15, -0.1) is 0 Å². The van der Waals surface area contributed by atoms with Gasteiger partial charge in [-0.1, -0.05) is 30.3 Å². The van der Waals surface area contributed by atoms with E-state index in [0.717, 1.165) is 12.5 Å². The Bertz CT molecular complexity index is 641. The molecular formula is C22H31N3. The lowest BCUT2D eigenvalue weighted by atomic mass is 9.96. The normalized spacial score (nSPS) is 18.6. The van der Waals surface area contributed by atoms with E-state index in [9.17, 15) is 0 Å². The van der Waals surface area contributed by atoms with Crippen LogP contribution in [0.2, 0.25) is 0 Å². The third kappa shape index (κ3) is 5.65. The smallest absolute Gasteiger partial charge is 0.0312 e. The molecule has 1 saturated heterocycles. The molecule has 3 rings (SSSR count). The van der Waals surface area contributed by atoms with E-state index in [2.05, 4.69) is 59.1 Å². The van der Waals surface area contributed by atoms with Gasteiger partial charge in [0.05, 0.1) is 0 Å². The summed E-state index contributed by atoms with van der Waals surface area (Å²) in [6, 6.07) is 13.0. The maximum Gasteiger partial charge on any atom is 0.0312 e. The number of likely N-dealkylation sites (tertiary alicyclic amines) is 1. The molecule has 0 bridgehead atoms. The highest BCUT2D eigenvalue weighted by molar-refractivity contribution is 5.25. The molecule has 0 saturated carbocycles. The van der Waals surface area contributed by atoms with Crippen LogP contribution in [-0.2, 0) is 13.0 Å². The highest BCUT2D eigenvalue weighted by atomic mass is 15.1. The lowest BCUT2D eigenvalue weighted by Crippen LogP contribution is -2.40. The van der Waals surface area contributed by atoms with Gasteiger partial charge >= 0.3 is 0 Å². The topological polar surface area (TPSA) is 19.4 Å². The molecule has 1 aromatic heterocycles. The minimum Gasteiger partial charge on any atom is -0.303 e. The molecule has 1 aromatic carbocycles. The number of piperidine rings is 1. The van der Waals surface area contributed by atoms with Crippen LogP contribution in [0.3, 0.4) is 0 Å². The van der Waals surface area contributed by atoms with Gasteiger partial charge in [-0.25, -0.2) is 0 Å². The van der Waals surface area contributed by atoms with Gasteiger partial charge in [0.25, 0.3) is 0 Å². The van der Waals surface area contributed by atoms with Crippen molar-refractivity contribution in [1.82, 2.24) is 14.8 Å². The second-order valence-electron chi connectivity index (χ2n) is 7.54. The Morgan fingerprint density at radius 3 is 2.88 bits per heavy atom. The summed E-state index contributed by atoms with van der Waals surface area (Å²) in [5, 5.41) is 0. The van der Waals surface area contributed by atoms with Crippen LogP contribution in [0.4, 0.5) is 0 Å². The zero-order chi connectivity index (χ0) is 17.5. The Labute approximate surface area is 152 Å². The molecule has 1 aliphatic rings. The lowest BCUT2D eigenvalue weighted by molar-refractivity contribution is 0.142. The standard InChI is InChI=1S/C22H31N3/c1-19-7-3-4-10-22(19)11-14-25-13-6-9-21(18-25)17-24(2)16-20-8-5-12-23-15-20/h3-5,7-8,10,12,15,21H,6,9,11,13-14,16-18H2,1-2H3. The fraction of sp³-hybridized carbons (Fsp3) is 0.500. The predicted molar refractivity (Wildman–Crippen MR) is 105 cm³/mol. The van der Waals surface area contributed by atoms with E-state index in [1.165, 1.54) is 62.1 Å². The number of aryl methyl sites for hydroxylation is 1. The Morgan fingerprint density at radius 1 is 1.20 bits per heavy atom. The molecule has 1 unspecified atom stereocenters. The van der Waals surface area contributed by atoms with Crippen LogP contribution in [-0.4, -0.2) is 48.0 Å². The monoisotopic (exact) mass is 337 g/mol. The quantitative estimate of drug-likeness (QED) is 0.766. The maximum absolute atomic E-state index is 4.22. The summed E-state index contributed by atoms with van der Waals surface area (Å²) < 4.78 is 0. The molecule has 0 amide bonds. The van der Waals surface area contributed by atoms with Gasteiger partial charge in [-0.05, 0) is 68.5 Å². The van der Waals surface area contributed by atoms with Gasteiger partial charge in [0.15, 0.2) is 0 Å². The first-order valence-corrected chi connectivity index (χ1v) is 9.55. The molecule has 2 aromatic rings. The molecule has 2 heterocycles. The van der Waals surface area contributed by atoms with Crippen molar-refractivity contribution < 1.29 is 0 Å². The summed E-state index contributed by atoms with van der Waals surface area (Å²) in [5.41, 5.74) is 4.22. The van der Waals surface area contributed by atoms with Crippen molar-refractivity contribution in [2.45, 2.75) is 32.7 Å². The SMILES string of the molecule is Cc1ccccc1CCN1CCCC(CN(C)Cc2cccnc2)C1. The average molecular weight is 338 g/mol. The van der Waals surface area contributed by atoms with Crippen molar-refractivity contribution in [3.63, 3.8) is 0 Å². The van der Waals surface area contributed by atoms with Crippen LogP contribution in [0, 0.1) is 12.8 Å². The van der Waals surface area contributed by atoms with Crippen LogP contribution in [0.1, 0.15) is 29.5 Å². The van der Waals surface area contributed by atoms with E-state index < -0.39 is 0 Å². The Morgan fingerprint density at radius 2 is 2.08 bits per heavy atom. The van der Waals surface area contributed by atoms with Gasteiger partial charge in [0.2, 0.25) is 0 Å². The third-order valence-corrected chi connectivity index (χ3v) is 5.31. The number of benzene rings is 1. The molecule has 1 fully saturated rings. The van der Waals surface area contributed by atoms with Crippen molar-refractivity contribution in [2.24, 2.45) is 5.92 Å². The van der Waals surface area contributed by atoms with Gasteiger partial charge < -0.3 is 9.80 Å². The molecule has 0 radical (unpaired) electrons. The number of rotatable bonds is 7. The molecule has 3 nitrogen and oxygen atoms in total. The Balaban J connectivity index is 1.45. The minimum absolute atomic E-state index is 0.785. The van der Waals surface area contributed by atoms with Gasteiger partial charge in [-0.3, -0.25) is 4.98 Å². The van der Waals surface area contributed by atoms with Crippen molar-refractivity contribution in [3.8, 4) is 0 Å². The second kappa shape index (κ2) is 9.12. The predicted octanol–water partition coefficient (Wildman–Crippen LogP) is 3.78. The summed E-state index contributed by atoms with van der Waals surface area (Å²) in [7, 11) is 2.24. The summed E-state index contributed by atoms with van der Waals surface area (Å²) in [6.07, 6.45) is 7.69. The minimum atomic E-state index is 0.785. The largest absolute Gasteiger partial charge is 0.303 e. The zero-order valence-electron chi connectivity index (χ0n) is 15.7. The maximum atomic E-state index is 4.22. The molecular weight excluding hydrogens is 306 g/mol. The van der Waals surface area contributed by atoms with E-state index in [0.29, 0.717) is 0 Å². The zero-order valence-corrected chi connectivity index (χ0v) is 15.7. The molecule has 3 heteroatoms. The van der Waals surface area contributed by atoms with Crippen molar-refractivity contribution in [1.29, 1.82) is 0 Å². The van der Waals surface area contributed by atoms with E-state index in [1.54, 1.807) is 0 Å². The van der Waals surface area contributed by atoms with Crippen LogP contribution >= 0.6 is 0 Å². The highest BCUT2D eigenvalue weighted by Gasteiger charge is 2.21. The first-order chi connectivity index (χ1) is 12.2.